The SMILES string of the molecule is CC(C)(C)OC(=O)N1CCC(CC(=O)Nc2ccc3cc2CCc2cncc(c2)Nc2ncc(Cl)c(n2)N3)C1. The molecule has 10 nitrogen and oxygen atoms in total. The highest BCUT2D eigenvalue weighted by molar-refractivity contribution is 6.32. The van der Waals surface area contributed by atoms with Gasteiger partial charge in [0.2, 0.25) is 11.9 Å². The number of nitrogens with one attached hydrogen (secondary N) is 3. The molecule has 1 unspecified atom stereocenters. The molecule has 1 atom stereocenters. The maximum atomic E-state index is 13.1. The van der Waals surface area contributed by atoms with Crippen LogP contribution in [0.15, 0.2) is 42.9 Å². The predicted molar refractivity (Wildman–Crippen MR) is 151 cm³/mol. The highest BCUT2D eigenvalue weighted by Crippen LogP contribution is 2.30. The second-order valence-corrected chi connectivity index (χ2v) is 11.3. The van der Waals surface area contributed by atoms with Crippen LogP contribution in [0.3, 0.4) is 0 Å². The molecule has 2 aliphatic rings. The van der Waals surface area contributed by atoms with Crippen molar-refractivity contribution in [3.63, 3.8) is 0 Å². The third-order valence-electron chi connectivity index (χ3n) is 6.53. The van der Waals surface area contributed by atoms with E-state index in [9.17, 15) is 9.59 Å². The zero-order valence-corrected chi connectivity index (χ0v) is 23.0. The third kappa shape index (κ3) is 6.94. The molecule has 11 heteroatoms. The number of halogens is 1. The molecule has 2 aromatic heterocycles. The molecule has 39 heavy (non-hydrogen) atoms. The summed E-state index contributed by atoms with van der Waals surface area (Å²) in [5, 5.41) is 9.93. The molecule has 1 fully saturated rings. The van der Waals surface area contributed by atoms with E-state index in [-0.39, 0.29) is 17.9 Å². The number of rotatable bonds is 3. The van der Waals surface area contributed by atoms with Gasteiger partial charge in [-0.25, -0.2) is 9.78 Å². The van der Waals surface area contributed by atoms with E-state index < -0.39 is 5.60 Å². The fourth-order valence-corrected chi connectivity index (χ4v) is 4.85. The maximum absolute atomic E-state index is 13.1. The minimum atomic E-state index is -0.545. The van der Waals surface area contributed by atoms with Crippen molar-refractivity contribution in [2.75, 3.05) is 29.0 Å². The second-order valence-electron chi connectivity index (χ2n) is 10.9. The van der Waals surface area contributed by atoms with Gasteiger partial charge in [-0.1, -0.05) is 11.6 Å². The second kappa shape index (κ2) is 11.1. The van der Waals surface area contributed by atoms with Crippen LogP contribution in [0.2, 0.25) is 5.02 Å². The van der Waals surface area contributed by atoms with E-state index in [1.54, 1.807) is 17.3 Å². The van der Waals surface area contributed by atoms with Crippen LogP contribution in [0.4, 0.5) is 33.6 Å². The Morgan fingerprint density at radius 2 is 1.97 bits per heavy atom. The molecule has 5 rings (SSSR count). The molecule has 2 aliphatic heterocycles. The zero-order valence-electron chi connectivity index (χ0n) is 22.3. The van der Waals surface area contributed by atoms with Crippen molar-refractivity contribution in [2.24, 2.45) is 5.92 Å². The lowest BCUT2D eigenvalue weighted by atomic mass is 10.0. The molecule has 1 saturated heterocycles. The molecular weight excluding hydrogens is 518 g/mol. The molecule has 0 spiro atoms. The molecule has 0 saturated carbocycles. The summed E-state index contributed by atoms with van der Waals surface area (Å²) in [4.78, 5) is 40.3. The number of carbonyl (C=O) groups excluding carboxylic acids is 2. The van der Waals surface area contributed by atoms with Gasteiger partial charge < -0.3 is 25.6 Å². The number of aromatic nitrogens is 3. The molecule has 0 radical (unpaired) electrons. The maximum Gasteiger partial charge on any atom is 0.410 e. The van der Waals surface area contributed by atoms with Crippen LogP contribution in [0.5, 0.6) is 0 Å². The van der Waals surface area contributed by atoms with E-state index in [1.165, 1.54) is 0 Å². The lowest BCUT2D eigenvalue weighted by molar-refractivity contribution is -0.117. The van der Waals surface area contributed by atoms with Gasteiger partial charge in [-0.3, -0.25) is 9.78 Å². The summed E-state index contributed by atoms with van der Waals surface area (Å²) in [6, 6.07) is 7.77. The lowest BCUT2D eigenvalue weighted by Crippen LogP contribution is -2.35. The van der Waals surface area contributed by atoms with Crippen LogP contribution in [-0.4, -0.2) is 50.5 Å². The normalized spacial score (nSPS) is 16.6. The van der Waals surface area contributed by atoms with Crippen molar-refractivity contribution in [1.29, 1.82) is 0 Å². The number of benzene rings is 1. The molecule has 3 aromatic rings. The van der Waals surface area contributed by atoms with Crippen LogP contribution in [0.1, 0.15) is 44.7 Å². The number of carbonyl (C=O) groups is 2. The number of ether oxygens (including phenoxy) is 1. The van der Waals surface area contributed by atoms with E-state index in [0.29, 0.717) is 42.7 Å². The van der Waals surface area contributed by atoms with Gasteiger partial charge in [-0.2, -0.15) is 4.98 Å². The van der Waals surface area contributed by atoms with Crippen LogP contribution >= 0.6 is 11.6 Å². The van der Waals surface area contributed by atoms with Gasteiger partial charge in [0.25, 0.3) is 0 Å². The highest BCUT2D eigenvalue weighted by Gasteiger charge is 2.31. The molecular formula is C28H32ClN7O3. The van der Waals surface area contributed by atoms with Gasteiger partial charge >= 0.3 is 6.09 Å². The number of anilines is 5. The van der Waals surface area contributed by atoms with Gasteiger partial charge in [0.05, 0.1) is 18.1 Å². The van der Waals surface area contributed by atoms with Crippen molar-refractivity contribution < 1.29 is 14.3 Å². The molecule has 0 aliphatic carbocycles. The monoisotopic (exact) mass is 549 g/mol. The zero-order chi connectivity index (χ0) is 27.6. The molecule has 3 N–H and O–H groups in total. The van der Waals surface area contributed by atoms with E-state index in [1.807, 2.05) is 51.2 Å². The lowest BCUT2D eigenvalue weighted by Gasteiger charge is -2.24. The topological polar surface area (TPSA) is 121 Å². The summed E-state index contributed by atoms with van der Waals surface area (Å²) < 4.78 is 5.48. The first-order valence-electron chi connectivity index (χ1n) is 13.0. The summed E-state index contributed by atoms with van der Waals surface area (Å²) in [7, 11) is 0. The Morgan fingerprint density at radius 1 is 1.13 bits per heavy atom. The first kappa shape index (κ1) is 26.7. The van der Waals surface area contributed by atoms with Gasteiger partial charge in [-0.05, 0) is 81.3 Å². The first-order valence-corrected chi connectivity index (χ1v) is 13.4. The Labute approximate surface area is 232 Å². The van der Waals surface area contributed by atoms with Crippen molar-refractivity contribution in [3.05, 3.63) is 59.0 Å². The predicted octanol–water partition coefficient (Wildman–Crippen LogP) is 5.70. The van der Waals surface area contributed by atoms with Gasteiger partial charge in [-0.15, -0.1) is 0 Å². The summed E-state index contributed by atoms with van der Waals surface area (Å²) in [5.41, 5.74) is 3.78. The van der Waals surface area contributed by atoms with Gasteiger partial charge in [0.1, 0.15) is 10.6 Å². The molecule has 2 amide bonds. The molecule has 6 bridgehead atoms. The number of likely N-dealkylation sites (tertiary alicyclic amines) is 1. The Hall–Kier alpha value is -3.92. The molecule has 1 aromatic carbocycles. The highest BCUT2D eigenvalue weighted by atomic mass is 35.5. The Balaban J connectivity index is 1.31. The number of pyridine rings is 1. The number of aryl methyl sites for hydroxylation is 2. The summed E-state index contributed by atoms with van der Waals surface area (Å²) in [6.45, 7) is 6.65. The minimum Gasteiger partial charge on any atom is -0.444 e. The molecule has 4 heterocycles. The summed E-state index contributed by atoms with van der Waals surface area (Å²) in [6.07, 6.45) is 7.26. The van der Waals surface area contributed by atoms with E-state index >= 15 is 0 Å². The summed E-state index contributed by atoms with van der Waals surface area (Å²) >= 11 is 6.36. The van der Waals surface area contributed by atoms with Crippen LogP contribution in [0, 0.1) is 5.92 Å². The fraction of sp³-hybridized carbons (Fsp3) is 0.393. The van der Waals surface area contributed by atoms with Crippen molar-refractivity contribution >= 4 is 52.4 Å². The average molecular weight is 550 g/mol. The Kier molecular flexibility index (Phi) is 7.56. The Bertz CT molecular complexity index is 1390. The van der Waals surface area contributed by atoms with Crippen molar-refractivity contribution in [3.8, 4) is 0 Å². The Morgan fingerprint density at radius 3 is 2.79 bits per heavy atom. The van der Waals surface area contributed by atoms with Crippen LogP contribution < -0.4 is 16.0 Å². The van der Waals surface area contributed by atoms with Gasteiger partial charge in [0.15, 0.2) is 5.82 Å². The van der Waals surface area contributed by atoms with Crippen molar-refractivity contribution in [2.45, 2.75) is 52.1 Å². The number of hydrogen-bond donors (Lipinski definition) is 3. The van der Waals surface area contributed by atoms with Crippen LogP contribution in [-0.2, 0) is 22.4 Å². The number of hydrogen-bond acceptors (Lipinski definition) is 8. The largest absolute Gasteiger partial charge is 0.444 e. The summed E-state index contributed by atoms with van der Waals surface area (Å²) in [5.74, 6) is 0.874. The smallest absolute Gasteiger partial charge is 0.410 e. The van der Waals surface area contributed by atoms with E-state index in [4.69, 9.17) is 16.3 Å². The van der Waals surface area contributed by atoms with E-state index in [0.717, 1.165) is 41.0 Å². The van der Waals surface area contributed by atoms with Crippen molar-refractivity contribution in [1.82, 2.24) is 19.9 Å². The minimum absolute atomic E-state index is 0.0812. The van der Waals surface area contributed by atoms with Crippen LogP contribution in [0.25, 0.3) is 0 Å². The standard InChI is InChI=1S/C28H32ClN7O3/c1-28(2,3)39-27(38)36-9-8-18(16-36)11-24(37)34-23-7-6-20-12-19(23)5-4-17-10-21(14-30-13-17)33-26-31-15-22(29)25(32-20)35-26/h6-7,10,12-15,18H,4-5,8-9,11,16H2,1-3H3,(H,34,37)(H2,31,32,33,35). The van der Waals surface area contributed by atoms with Gasteiger partial charge in [0, 0.05) is 37.1 Å². The quantitative estimate of drug-likeness (QED) is 0.380. The van der Waals surface area contributed by atoms with E-state index in [2.05, 4.69) is 30.9 Å². The number of fused-ring (bicyclic) bond motifs is 6. The first-order chi connectivity index (χ1) is 18.6. The number of amides is 2. The molecule has 204 valence electrons. The number of nitrogens with zero attached hydrogens (tertiary/aromatic N) is 4. The fourth-order valence-electron chi connectivity index (χ4n) is 4.71. The third-order valence-corrected chi connectivity index (χ3v) is 6.81. The average Bonchev–Trinajstić information content (AvgIpc) is 3.33.